The van der Waals surface area contributed by atoms with E-state index in [0.717, 1.165) is 31.6 Å². The second-order valence-corrected chi connectivity index (χ2v) is 5.14. The highest BCUT2D eigenvalue weighted by molar-refractivity contribution is 6.42. The summed E-state index contributed by atoms with van der Waals surface area (Å²) >= 11 is 12.1. The number of halogens is 3. The minimum absolute atomic E-state index is 0. The second-order valence-electron chi connectivity index (χ2n) is 4.35. The number of piperidine rings is 1. The van der Waals surface area contributed by atoms with Gasteiger partial charge in [0.05, 0.1) is 10.0 Å². The maximum atomic E-state index is 6.16. The molecule has 1 aromatic carbocycles. The van der Waals surface area contributed by atoms with Crippen LogP contribution in [0.4, 0.5) is 0 Å². The lowest BCUT2D eigenvalue weighted by atomic mass is 10.1. The minimum atomic E-state index is 0. The number of rotatable bonds is 2. The highest BCUT2D eigenvalue weighted by atomic mass is 35.5. The Morgan fingerprint density at radius 2 is 2.12 bits per heavy atom. The first-order valence-corrected chi connectivity index (χ1v) is 6.33. The zero-order chi connectivity index (χ0) is 11.5. The Bertz CT molecular complexity index is 371. The molecule has 1 aliphatic rings. The van der Waals surface area contributed by atoms with Crippen LogP contribution in [0.5, 0.6) is 0 Å². The van der Waals surface area contributed by atoms with E-state index in [2.05, 4.69) is 4.90 Å². The summed E-state index contributed by atoms with van der Waals surface area (Å²) in [4.78, 5) is 2.34. The quantitative estimate of drug-likeness (QED) is 0.907. The van der Waals surface area contributed by atoms with Gasteiger partial charge in [-0.15, -0.1) is 12.4 Å². The number of hydrogen-bond acceptors (Lipinski definition) is 2. The lowest BCUT2D eigenvalue weighted by Crippen LogP contribution is -2.42. The standard InChI is InChI=1S/C12H16Cl2N2.ClH/c13-11-5-1-3-9(12(11)14)7-16-6-2-4-10(15)8-16;/h1,3,5,10H,2,4,6-8,15H2;1H. The molecular formula is C12H17Cl3N2. The van der Waals surface area contributed by atoms with Gasteiger partial charge in [-0.1, -0.05) is 35.3 Å². The summed E-state index contributed by atoms with van der Waals surface area (Å²) < 4.78 is 0. The number of nitrogens with zero attached hydrogens (tertiary/aromatic N) is 1. The molecule has 1 atom stereocenters. The first-order valence-electron chi connectivity index (χ1n) is 5.57. The topological polar surface area (TPSA) is 29.3 Å². The average Bonchev–Trinajstić information content (AvgIpc) is 2.25. The SMILES string of the molecule is Cl.NC1CCCN(Cc2cccc(Cl)c2Cl)C1. The van der Waals surface area contributed by atoms with Crippen molar-refractivity contribution in [3.63, 3.8) is 0 Å². The zero-order valence-corrected chi connectivity index (χ0v) is 11.9. The van der Waals surface area contributed by atoms with E-state index < -0.39 is 0 Å². The van der Waals surface area contributed by atoms with Crippen LogP contribution in [0.1, 0.15) is 18.4 Å². The Morgan fingerprint density at radius 1 is 1.35 bits per heavy atom. The van der Waals surface area contributed by atoms with Gasteiger partial charge in [0.15, 0.2) is 0 Å². The zero-order valence-electron chi connectivity index (χ0n) is 9.53. The molecular weight excluding hydrogens is 279 g/mol. The average molecular weight is 296 g/mol. The summed E-state index contributed by atoms with van der Waals surface area (Å²) in [5.74, 6) is 0. The molecule has 2 nitrogen and oxygen atoms in total. The van der Waals surface area contributed by atoms with E-state index in [1.807, 2.05) is 18.2 Å². The van der Waals surface area contributed by atoms with Crippen LogP contribution in [0.15, 0.2) is 18.2 Å². The van der Waals surface area contributed by atoms with Crippen molar-refractivity contribution in [2.24, 2.45) is 5.73 Å². The molecule has 0 spiro atoms. The molecule has 1 unspecified atom stereocenters. The van der Waals surface area contributed by atoms with Gasteiger partial charge in [0.25, 0.3) is 0 Å². The van der Waals surface area contributed by atoms with E-state index in [0.29, 0.717) is 16.1 Å². The number of benzene rings is 1. The van der Waals surface area contributed by atoms with Gasteiger partial charge in [-0.05, 0) is 31.0 Å². The highest BCUT2D eigenvalue weighted by Gasteiger charge is 2.17. The smallest absolute Gasteiger partial charge is 0.0637 e. The molecule has 1 saturated heterocycles. The maximum absolute atomic E-state index is 6.16. The van der Waals surface area contributed by atoms with E-state index in [1.54, 1.807) is 0 Å². The van der Waals surface area contributed by atoms with Gasteiger partial charge < -0.3 is 5.73 Å². The van der Waals surface area contributed by atoms with E-state index in [-0.39, 0.29) is 12.4 Å². The number of hydrogen-bond donors (Lipinski definition) is 1. The largest absolute Gasteiger partial charge is 0.327 e. The third-order valence-electron chi connectivity index (χ3n) is 2.97. The second kappa shape index (κ2) is 6.81. The number of nitrogens with two attached hydrogens (primary N) is 1. The van der Waals surface area contributed by atoms with E-state index in [4.69, 9.17) is 28.9 Å². The van der Waals surface area contributed by atoms with Crippen LogP contribution in [0.3, 0.4) is 0 Å². The third-order valence-corrected chi connectivity index (χ3v) is 3.83. The molecule has 0 amide bonds. The van der Waals surface area contributed by atoms with Crippen molar-refractivity contribution in [1.82, 2.24) is 4.90 Å². The van der Waals surface area contributed by atoms with Crippen molar-refractivity contribution in [1.29, 1.82) is 0 Å². The molecule has 96 valence electrons. The van der Waals surface area contributed by atoms with Gasteiger partial charge >= 0.3 is 0 Å². The van der Waals surface area contributed by atoms with Crippen molar-refractivity contribution < 1.29 is 0 Å². The number of likely N-dealkylation sites (tertiary alicyclic amines) is 1. The van der Waals surface area contributed by atoms with Crippen LogP contribution in [0, 0.1) is 0 Å². The Morgan fingerprint density at radius 3 is 2.82 bits per heavy atom. The van der Waals surface area contributed by atoms with Crippen molar-refractivity contribution in [3.05, 3.63) is 33.8 Å². The predicted octanol–water partition coefficient (Wildman–Crippen LogP) is 3.34. The van der Waals surface area contributed by atoms with Crippen LogP contribution < -0.4 is 5.73 Å². The Balaban J connectivity index is 0.00000144. The fourth-order valence-corrected chi connectivity index (χ4v) is 2.53. The molecule has 1 aromatic rings. The molecule has 1 fully saturated rings. The molecule has 17 heavy (non-hydrogen) atoms. The molecule has 1 heterocycles. The predicted molar refractivity (Wildman–Crippen MR) is 76.2 cm³/mol. The van der Waals surface area contributed by atoms with Crippen LogP contribution >= 0.6 is 35.6 Å². The Kier molecular flexibility index (Phi) is 6.04. The lowest BCUT2D eigenvalue weighted by Gasteiger charge is -2.30. The van der Waals surface area contributed by atoms with Gasteiger partial charge in [0, 0.05) is 19.1 Å². The lowest BCUT2D eigenvalue weighted by molar-refractivity contribution is 0.201. The third kappa shape index (κ3) is 4.01. The monoisotopic (exact) mass is 294 g/mol. The van der Waals surface area contributed by atoms with E-state index in [9.17, 15) is 0 Å². The van der Waals surface area contributed by atoms with Crippen molar-refractivity contribution in [3.8, 4) is 0 Å². The van der Waals surface area contributed by atoms with Gasteiger partial charge in [-0.2, -0.15) is 0 Å². The van der Waals surface area contributed by atoms with Gasteiger partial charge in [0.1, 0.15) is 0 Å². The fourth-order valence-electron chi connectivity index (χ4n) is 2.15. The maximum Gasteiger partial charge on any atom is 0.0637 e. The summed E-state index contributed by atoms with van der Waals surface area (Å²) in [5, 5.41) is 1.30. The highest BCUT2D eigenvalue weighted by Crippen LogP contribution is 2.27. The van der Waals surface area contributed by atoms with Gasteiger partial charge in [-0.25, -0.2) is 0 Å². The first kappa shape index (κ1) is 15.1. The Hall–Kier alpha value is 0.01000. The van der Waals surface area contributed by atoms with Crippen molar-refractivity contribution in [2.45, 2.75) is 25.4 Å². The summed E-state index contributed by atoms with van der Waals surface area (Å²) in [5.41, 5.74) is 7.03. The molecule has 5 heteroatoms. The molecule has 2 N–H and O–H groups in total. The molecule has 0 aromatic heterocycles. The normalized spacial score (nSPS) is 21.0. The fraction of sp³-hybridized carbons (Fsp3) is 0.500. The molecule has 0 bridgehead atoms. The summed E-state index contributed by atoms with van der Waals surface area (Å²) in [6.45, 7) is 2.88. The molecule has 1 aliphatic heterocycles. The van der Waals surface area contributed by atoms with E-state index in [1.165, 1.54) is 6.42 Å². The summed E-state index contributed by atoms with van der Waals surface area (Å²) in [6.07, 6.45) is 2.29. The van der Waals surface area contributed by atoms with Crippen LogP contribution in [-0.4, -0.2) is 24.0 Å². The summed E-state index contributed by atoms with van der Waals surface area (Å²) in [7, 11) is 0. The summed E-state index contributed by atoms with van der Waals surface area (Å²) in [6, 6.07) is 6.07. The van der Waals surface area contributed by atoms with Gasteiger partial charge in [0.2, 0.25) is 0 Å². The minimum Gasteiger partial charge on any atom is -0.327 e. The van der Waals surface area contributed by atoms with Crippen LogP contribution in [-0.2, 0) is 6.54 Å². The first-order chi connectivity index (χ1) is 7.66. The van der Waals surface area contributed by atoms with Crippen LogP contribution in [0.2, 0.25) is 10.0 Å². The molecule has 0 radical (unpaired) electrons. The molecule has 0 aliphatic carbocycles. The molecule has 2 rings (SSSR count). The van der Waals surface area contributed by atoms with E-state index >= 15 is 0 Å². The van der Waals surface area contributed by atoms with Crippen molar-refractivity contribution >= 4 is 35.6 Å². The van der Waals surface area contributed by atoms with Gasteiger partial charge in [-0.3, -0.25) is 4.90 Å². The Labute approximate surface area is 118 Å². The van der Waals surface area contributed by atoms with Crippen LogP contribution in [0.25, 0.3) is 0 Å². The molecule has 0 saturated carbocycles. The van der Waals surface area contributed by atoms with Crippen molar-refractivity contribution in [2.75, 3.05) is 13.1 Å².